The average molecular weight is 521 g/mol. The van der Waals surface area contributed by atoms with E-state index >= 15 is 0 Å². The molecule has 0 fully saturated rings. The minimum absolute atomic E-state index is 0.0449. The van der Waals surface area contributed by atoms with E-state index in [9.17, 15) is 14.4 Å². The first-order chi connectivity index (χ1) is 17.7. The Balaban J connectivity index is 1.49. The summed E-state index contributed by atoms with van der Waals surface area (Å²) in [5.41, 5.74) is 3.47. The summed E-state index contributed by atoms with van der Waals surface area (Å²) in [6.45, 7) is 8.37. The molecule has 0 saturated heterocycles. The van der Waals surface area contributed by atoms with Crippen LogP contribution in [0, 0.1) is 12.8 Å². The van der Waals surface area contributed by atoms with Crippen LogP contribution in [-0.2, 0) is 22.4 Å². The van der Waals surface area contributed by atoms with Gasteiger partial charge in [0.1, 0.15) is 6.54 Å². The smallest absolute Gasteiger partial charge is 0.254 e. The molecular formula is C29H36N4O3S. The van der Waals surface area contributed by atoms with Crippen LogP contribution >= 0.6 is 11.3 Å². The Morgan fingerprint density at radius 1 is 0.973 bits per heavy atom. The fraction of sp³-hybridized carbons (Fsp3) is 0.379. The second-order valence-corrected chi connectivity index (χ2v) is 10.7. The van der Waals surface area contributed by atoms with E-state index in [2.05, 4.69) is 27.8 Å². The number of carbonyl (C=O) groups excluding carboxylic acids is 3. The van der Waals surface area contributed by atoms with Crippen molar-refractivity contribution >= 4 is 34.2 Å². The topological polar surface area (TPSA) is 91.4 Å². The van der Waals surface area contributed by atoms with Gasteiger partial charge in [0.15, 0.2) is 5.13 Å². The normalized spacial score (nSPS) is 11.7. The number of rotatable bonds is 12. The average Bonchev–Trinajstić information content (AvgIpc) is 3.28. The van der Waals surface area contributed by atoms with E-state index in [1.165, 1.54) is 16.9 Å². The summed E-state index contributed by atoms with van der Waals surface area (Å²) in [7, 11) is 0. The van der Waals surface area contributed by atoms with Crippen molar-refractivity contribution in [3.8, 4) is 0 Å². The summed E-state index contributed by atoms with van der Waals surface area (Å²) in [6, 6.07) is 17.6. The molecule has 2 N–H and O–H groups in total. The lowest BCUT2D eigenvalue weighted by Gasteiger charge is -2.24. The molecule has 3 amide bonds. The predicted octanol–water partition coefficient (Wildman–Crippen LogP) is 4.87. The number of anilines is 1. The Bertz CT molecular complexity index is 1180. The molecular weight excluding hydrogens is 484 g/mol. The maximum Gasteiger partial charge on any atom is 0.254 e. The molecule has 3 aromatic rings. The molecule has 8 heteroatoms. The van der Waals surface area contributed by atoms with E-state index in [0.29, 0.717) is 22.9 Å². The molecule has 1 aromatic heterocycles. The molecule has 0 radical (unpaired) electrons. The van der Waals surface area contributed by atoms with Gasteiger partial charge in [0.25, 0.3) is 5.91 Å². The molecule has 0 aliphatic carbocycles. The van der Waals surface area contributed by atoms with Gasteiger partial charge in [-0.2, -0.15) is 0 Å². The van der Waals surface area contributed by atoms with Gasteiger partial charge in [-0.05, 0) is 50.3 Å². The largest absolute Gasteiger partial charge is 0.353 e. The SMILES string of the molecule is Cc1ccc(C(=O)N(CC(=O)Nc2nc(CC(=O)NC(C)CCc3ccccc3)cs2)CC(C)C)cc1. The zero-order valence-corrected chi connectivity index (χ0v) is 22.8. The highest BCUT2D eigenvalue weighted by atomic mass is 32.1. The first-order valence-corrected chi connectivity index (χ1v) is 13.5. The molecule has 0 spiro atoms. The van der Waals surface area contributed by atoms with Crippen LogP contribution in [0.2, 0.25) is 0 Å². The number of hydrogen-bond donors (Lipinski definition) is 2. The van der Waals surface area contributed by atoms with Crippen LogP contribution in [0.1, 0.15) is 54.4 Å². The first kappa shape index (κ1) is 28.1. The molecule has 1 atom stereocenters. The van der Waals surface area contributed by atoms with Crippen molar-refractivity contribution in [2.75, 3.05) is 18.4 Å². The van der Waals surface area contributed by atoms with Gasteiger partial charge in [-0.3, -0.25) is 14.4 Å². The minimum atomic E-state index is -0.319. The van der Waals surface area contributed by atoms with Crippen molar-refractivity contribution < 1.29 is 14.4 Å². The van der Waals surface area contributed by atoms with Gasteiger partial charge >= 0.3 is 0 Å². The Morgan fingerprint density at radius 2 is 1.68 bits per heavy atom. The second-order valence-electron chi connectivity index (χ2n) is 9.81. The summed E-state index contributed by atoms with van der Waals surface area (Å²) in [4.78, 5) is 44.2. The highest BCUT2D eigenvalue weighted by Gasteiger charge is 2.21. The molecule has 2 aromatic carbocycles. The zero-order chi connectivity index (χ0) is 26.8. The number of nitrogens with zero attached hydrogens (tertiary/aromatic N) is 2. The second kappa shape index (κ2) is 13.7. The van der Waals surface area contributed by atoms with Crippen LogP contribution < -0.4 is 10.6 Å². The molecule has 37 heavy (non-hydrogen) atoms. The Kier molecular flexibility index (Phi) is 10.4. The van der Waals surface area contributed by atoms with Gasteiger partial charge in [0.2, 0.25) is 11.8 Å². The molecule has 0 bridgehead atoms. The van der Waals surface area contributed by atoms with E-state index in [-0.39, 0.29) is 42.6 Å². The number of thiazole rings is 1. The highest BCUT2D eigenvalue weighted by Crippen LogP contribution is 2.17. The van der Waals surface area contributed by atoms with Gasteiger partial charge < -0.3 is 15.5 Å². The van der Waals surface area contributed by atoms with Gasteiger partial charge in [-0.25, -0.2) is 4.98 Å². The molecule has 7 nitrogen and oxygen atoms in total. The molecule has 1 heterocycles. The predicted molar refractivity (Wildman–Crippen MR) is 149 cm³/mol. The fourth-order valence-electron chi connectivity index (χ4n) is 3.91. The minimum Gasteiger partial charge on any atom is -0.353 e. The number of aryl methyl sites for hydroxylation is 2. The van der Waals surface area contributed by atoms with Gasteiger partial charge in [-0.1, -0.05) is 61.9 Å². The Hall–Kier alpha value is -3.52. The molecule has 3 rings (SSSR count). The molecule has 0 aliphatic rings. The highest BCUT2D eigenvalue weighted by molar-refractivity contribution is 7.13. The van der Waals surface area contributed by atoms with E-state index < -0.39 is 0 Å². The van der Waals surface area contributed by atoms with Gasteiger partial charge in [0, 0.05) is 23.5 Å². The third kappa shape index (κ3) is 9.46. The van der Waals surface area contributed by atoms with E-state index in [1.807, 2.05) is 58.0 Å². The van der Waals surface area contributed by atoms with Crippen molar-refractivity contribution in [2.45, 2.75) is 53.0 Å². The third-order valence-electron chi connectivity index (χ3n) is 5.76. The summed E-state index contributed by atoms with van der Waals surface area (Å²) in [5, 5.41) is 7.98. The summed E-state index contributed by atoms with van der Waals surface area (Å²) < 4.78 is 0. The van der Waals surface area contributed by atoms with Gasteiger partial charge in [-0.15, -0.1) is 11.3 Å². The summed E-state index contributed by atoms with van der Waals surface area (Å²) >= 11 is 1.27. The lowest BCUT2D eigenvalue weighted by molar-refractivity contribution is -0.121. The molecule has 0 aliphatic heterocycles. The lowest BCUT2D eigenvalue weighted by Crippen LogP contribution is -2.40. The van der Waals surface area contributed by atoms with Crippen LogP contribution in [0.15, 0.2) is 60.0 Å². The Morgan fingerprint density at radius 3 is 2.35 bits per heavy atom. The number of benzene rings is 2. The quantitative estimate of drug-likeness (QED) is 0.357. The van der Waals surface area contributed by atoms with Crippen molar-refractivity contribution in [3.05, 3.63) is 82.4 Å². The van der Waals surface area contributed by atoms with Crippen LogP contribution in [0.5, 0.6) is 0 Å². The van der Waals surface area contributed by atoms with Crippen LogP contribution in [0.25, 0.3) is 0 Å². The van der Waals surface area contributed by atoms with E-state index in [1.54, 1.807) is 22.4 Å². The lowest BCUT2D eigenvalue weighted by atomic mass is 10.1. The maximum atomic E-state index is 13.0. The summed E-state index contributed by atoms with van der Waals surface area (Å²) in [6.07, 6.45) is 1.89. The molecule has 0 saturated carbocycles. The standard InChI is InChI=1S/C29H36N4O3S/c1-20(2)17-33(28(36)24-14-10-21(3)11-15-24)18-27(35)32-29-31-25(19-37-29)16-26(34)30-22(4)12-13-23-8-6-5-7-9-23/h5-11,14-15,19-20,22H,12-13,16-18H2,1-4H3,(H,30,34)(H,31,32,35). The monoisotopic (exact) mass is 520 g/mol. The van der Waals surface area contributed by atoms with Crippen molar-refractivity contribution in [3.63, 3.8) is 0 Å². The van der Waals surface area contributed by atoms with Crippen molar-refractivity contribution in [2.24, 2.45) is 5.92 Å². The molecule has 1 unspecified atom stereocenters. The van der Waals surface area contributed by atoms with Crippen LogP contribution in [-0.4, -0.2) is 46.7 Å². The third-order valence-corrected chi connectivity index (χ3v) is 6.57. The van der Waals surface area contributed by atoms with Crippen molar-refractivity contribution in [1.82, 2.24) is 15.2 Å². The Labute approximate surface area is 223 Å². The fourth-order valence-corrected chi connectivity index (χ4v) is 4.63. The van der Waals surface area contributed by atoms with Crippen molar-refractivity contribution in [1.29, 1.82) is 0 Å². The van der Waals surface area contributed by atoms with E-state index in [4.69, 9.17) is 0 Å². The number of hydrogen-bond acceptors (Lipinski definition) is 5. The number of nitrogens with one attached hydrogen (secondary N) is 2. The van der Waals surface area contributed by atoms with Gasteiger partial charge in [0.05, 0.1) is 12.1 Å². The number of carbonyl (C=O) groups is 3. The number of aromatic nitrogens is 1. The molecule has 196 valence electrons. The van der Waals surface area contributed by atoms with Crippen LogP contribution in [0.4, 0.5) is 5.13 Å². The van der Waals surface area contributed by atoms with Crippen LogP contribution in [0.3, 0.4) is 0 Å². The maximum absolute atomic E-state index is 13.0. The van der Waals surface area contributed by atoms with E-state index in [0.717, 1.165) is 18.4 Å². The first-order valence-electron chi connectivity index (χ1n) is 12.6. The summed E-state index contributed by atoms with van der Waals surface area (Å²) in [5.74, 6) is -0.388. The zero-order valence-electron chi connectivity index (χ0n) is 22.0. The number of amides is 3.